The molecule has 0 aliphatic heterocycles. The highest BCUT2D eigenvalue weighted by Gasteiger charge is 2.13. The van der Waals surface area contributed by atoms with Crippen LogP contribution in [0.3, 0.4) is 0 Å². The summed E-state index contributed by atoms with van der Waals surface area (Å²) >= 11 is 0. The van der Waals surface area contributed by atoms with Gasteiger partial charge in [-0.2, -0.15) is 9.97 Å². The Labute approximate surface area is 81.3 Å². The van der Waals surface area contributed by atoms with E-state index in [9.17, 15) is 0 Å². The van der Waals surface area contributed by atoms with Crippen molar-refractivity contribution in [1.29, 1.82) is 0 Å². The second-order valence-corrected chi connectivity index (χ2v) is 3.15. The summed E-state index contributed by atoms with van der Waals surface area (Å²) in [6.07, 6.45) is 0. The number of hydrogen-bond acceptors (Lipinski definition) is 5. The van der Waals surface area contributed by atoms with Gasteiger partial charge >= 0.3 is 0 Å². The van der Waals surface area contributed by atoms with Gasteiger partial charge in [0.05, 0.1) is 5.39 Å². The normalized spacial score (nSPS) is 10.8. The molecule has 0 saturated carbocycles. The summed E-state index contributed by atoms with van der Waals surface area (Å²) in [5.41, 5.74) is 7.33. The first-order chi connectivity index (χ1) is 6.63. The Morgan fingerprint density at radius 2 is 2.00 bits per heavy atom. The molecule has 0 aliphatic rings. The van der Waals surface area contributed by atoms with Crippen molar-refractivity contribution >= 4 is 22.9 Å². The first kappa shape index (κ1) is 8.80. The monoisotopic (exact) mass is 192 g/mol. The van der Waals surface area contributed by atoms with Gasteiger partial charge in [0.15, 0.2) is 0 Å². The second-order valence-electron chi connectivity index (χ2n) is 3.15. The van der Waals surface area contributed by atoms with Crippen LogP contribution in [-0.4, -0.2) is 17.0 Å². The van der Waals surface area contributed by atoms with E-state index in [-0.39, 0.29) is 0 Å². The Hall–Kier alpha value is -1.78. The standard InChI is InChI=1S/C9H12N4O/c1-4-5(2)14-8-6(4)7(10)12-9(11-3)13-8/h1-3H3,(H3,10,11,12,13). The number of nitrogens with two attached hydrogens (primary N) is 1. The fourth-order valence-electron chi connectivity index (χ4n) is 1.39. The molecule has 0 aromatic carbocycles. The van der Waals surface area contributed by atoms with Gasteiger partial charge in [0.1, 0.15) is 11.6 Å². The van der Waals surface area contributed by atoms with E-state index in [0.29, 0.717) is 17.5 Å². The molecule has 14 heavy (non-hydrogen) atoms. The number of aryl methyl sites for hydroxylation is 2. The molecule has 0 spiro atoms. The van der Waals surface area contributed by atoms with Crippen LogP contribution in [0.5, 0.6) is 0 Å². The quantitative estimate of drug-likeness (QED) is 0.715. The maximum atomic E-state index is 5.80. The maximum absolute atomic E-state index is 5.80. The molecule has 0 amide bonds. The van der Waals surface area contributed by atoms with Crippen LogP contribution in [0.25, 0.3) is 11.1 Å². The van der Waals surface area contributed by atoms with Crippen LogP contribution >= 0.6 is 0 Å². The van der Waals surface area contributed by atoms with Gasteiger partial charge in [-0.25, -0.2) is 0 Å². The highest BCUT2D eigenvalue weighted by molar-refractivity contribution is 5.89. The molecule has 0 aliphatic carbocycles. The third kappa shape index (κ3) is 1.09. The van der Waals surface area contributed by atoms with Crippen LogP contribution in [0.4, 0.5) is 11.8 Å². The topological polar surface area (TPSA) is 77.0 Å². The van der Waals surface area contributed by atoms with Crippen molar-refractivity contribution in [3.63, 3.8) is 0 Å². The van der Waals surface area contributed by atoms with Crippen LogP contribution < -0.4 is 11.1 Å². The predicted molar refractivity (Wildman–Crippen MR) is 55.2 cm³/mol. The summed E-state index contributed by atoms with van der Waals surface area (Å²) in [4.78, 5) is 8.26. The van der Waals surface area contributed by atoms with E-state index in [0.717, 1.165) is 16.7 Å². The highest BCUT2D eigenvalue weighted by Crippen LogP contribution is 2.27. The lowest BCUT2D eigenvalue weighted by atomic mass is 10.2. The lowest BCUT2D eigenvalue weighted by Gasteiger charge is -1.99. The number of nitrogens with zero attached hydrogens (tertiary/aromatic N) is 2. The van der Waals surface area contributed by atoms with Gasteiger partial charge < -0.3 is 15.5 Å². The van der Waals surface area contributed by atoms with Crippen molar-refractivity contribution in [1.82, 2.24) is 9.97 Å². The van der Waals surface area contributed by atoms with Crippen molar-refractivity contribution in [3.05, 3.63) is 11.3 Å². The zero-order valence-electron chi connectivity index (χ0n) is 8.38. The van der Waals surface area contributed by atoms with Crippen LogP contribution in [-0.2, 0) is 0 Å². The molecule has 74 valence electrons. The van der Waals surface area contributed by atoms with Crippen molar-refractivity contribution in [3.8, 4) is 0 Å². The number of nitrogen functional groups attached to an aromatic ring is 1. The molecule has 0 fully saturated rings. The lowest BCUT2D eigenvalue weighted by molar-refractivity contribution is 0.564. The number of aromatic nitrogens is 2. The molecule has 2 aromatic rings. The third-order valence-electron chi connectivity index (χ3n) is 2.28. The predicted octanol–water partition coefficient (Wildman–Crippen LogP) is 1.46. The summed E-state index contributed by atoms with van der Waals surface area (Å²) < 4.78 is 5.45. The Morgan fingerprint density at radius 1 is 1.29 bits per heavy atom. The van der Waals surface area contributed by atoms with E-state index in [1.807, 2.05) is 13.8 Å². The average molecular weight is 192 g/mol. The minimum absolute atomic E-state index is 0.453. The van der Waals surface area contributed by atoms with Gasteiger partial charge in [0, 0.05) is 12.6 Å². The number of furan rings is 1. The molecule has 2 heterocycles. The molecular weight excluding hydrogens is 180 g/mol. The fraction of sp³-hybridized carbons (Fsp3) is 0.333. The summed E-state index contributed by atoms with van der Waals surface area (Å²) in [6, 6.07) is 0. The smallest absolute Gasteiger partial charge is 0.233 e. The summed E-state index contributed by atoms with van der Waals surface area (Å²) in [5, 5.41) is 3.63. The summed E-state index contributed by atoms with van der Waals surface area (Å²) in [7, 11) is 1.74. The van der Waals surface area contributed by atoms with Crippen molar-refractivity contribution in [2.45, 2.75) is 13.8 Å². The SMILES string of the molecule is CNc1nc(N)c2c(C)c(C)oc2n1. The first-order valence-corrected chi connectivity index (χ1v) is 4.34. The number of nitrogens with one attached hydrogen (secondary N) is 1. The van der Waals surface area contributed by atoms with Crippen molar-refractivity contribution < 1.29 is 4.42 Å². The minimum Gasteiger partial charge on any atom is -0.443 e. The highest BCUT2D eigenvalue weighted by atomic mass is 16.3. The first-order valence-electron chi connectivity index (χ1n) is 4.34. The van der Waals surface area contributed by atoms with E-state index in [2.05, 4.69) is 15.3 Å². The fourth-order valence-corrected chi connectivity index (χ4v) is 1.39. The van der Waals surface area contributed by atoms with Gasteiger partial charge in [-0.05, 0) is 13.8 Å². The molecule has 3 N–H and O–H groups in total. The summed E-state index contributed by atoms with van der Waals surface area (Å²) in [6.45, 7) is 3.83. The molecule has 0 saturated heterocycles. The number of hydrogen-bond donors (Lipinski definition) is 2. The zero-order valence-corrected chi connectivity index (χ0v) is 8.38. The molecule has 0 atom stereocenters. The second kappa shape index (κ2) is 2.87. The number of rotatable bonds is 1. The van der Waals surface area contributed by atoms with E-state index < -0.39 is 0 Å². The Morgan fingerprint density at radius 3 is 2.64 bits per heavy atom. The van der Waals surface area contributed by atoms with Crippen molar-refractivity contribution in [2.75, 3.05) is 18.1 Å². The Balaban J connectivity index is 2.83. The summed E-state index contributed by atoms with van der Waals surface area (Å²) in [5.74, 6) is 1.76. The maximum Gasteiger partial charge on any atom is 0.233 e. The van der Waals surface area contributed by atoms with E-state index in [4.69, 9.17) is 10.2 Å². The van der Waals surface area contributed by atoms with Gasteiger partial charge in [-0.3, -0.25) is 0 Å². The van der Waals surface area contributed by atoms with Crippen LogP contribution in [0, 0.1) is 13.8 Å². The van der Waals surface area contributed by atoms with E-state index >= 15 is 0 Å². The van der Waals surface area contributed by atoms with Crippen LogP contribution in [0.1, 0.15) is 11.3 Å². The molecule has 5 nitrogen and oxygen atoms in total. The molecule has 0 unspecified atom stereocenters. The molecule has 0 bridgehead atoms. The van der Waals surface area contributed by atoms with E-state index in [1.165, 1.54) is 0 Å². The lowest BCUT2D eigenvalue weighted by Crippen LogP contribution is -2.00. The van der Waals surface area contributed by atoms with Gasteiger partial charge in [-0.1, -0.05) is 0 Å². The zero-order chi connectivity index (χ0) is 10.3. The number of fused-ring (bicyclic) bond motifs is 1. The van der Waals surface area contributed by atoms with Crippen molar-refractivity contribution in [2.24, 2.45) is 0 Å². The van der Waals surface area contributed by atoms with E-state index in [1.54, 1.807) is 7.05 Å². The average Bonchev–Trinajstić information content (AvgIpc) is 2.43. The molecule has 0 radical (unpaired) electrons. The Bertz CT molecular complexity index is 489. The van der Waals surface area contributed by atoms with Gasteiger partial charge in [0.25, 0.3) is 0 Å². The van der Waals surface area contributed by atoms with Gasteiger partial charge in [-0.15, -0.1) is 0 Å². The molecular formula is C9H12N4O. The molecule has 2 rings (SSSR count). The molecule has 2 aromatic heterocycles. The third-order valence-corrected chi connectivity index (χ3v) is 2.28. The van der Waals surface area contributed by atoms with Gasteiger partial charge in [0.2, 0.25) is 11.7 Å². The number of anilines is 2. The Kier molecular flexibility index (Phi) is 1.80. The largest absolute Gasteiger partial charge is 0.443 e. The molecule has 5 heteroatoms. The van der Waals surface area contributed by atoms with Crippen LogP contribution in [0.2, 0.25) is 0 Å². The minimum atomic E-state index is 0.453. The van der Waals surface area contributed by atoms with Crippen LogP contribution in [0.15, 0.2) is 4.42 Å².